The lowest BCUT2D eigenvalue weighted by Crippen LogP contribution is -2.38. The first kappa shape index (κ1) is 15.8. The molecule has 4 heteroatoms. The van der Waals surface area contributed by atoms with Gasteiger partial charge in [-0.2, -0.15) is 0 Å². The monoisotopic (exact) mass is 291 g/mol. The Labute approximate surface area is 126 Å². The number of carbonyl (C=O) groups is 1. The van der Waals surface area contributed by atoms with Gasteiger partial charge >= 0.3 is 0 Å². The molecule has 1 fully saturated rings. The van der Waals surface area contributed by atoms with E-state index in [9.17, 15) is 9.90 Å². The zero-order chi connectivity index (χ0) is 15.2. The van der Waals surface area contributed by atoms with Crippen LogP contribution in [0.2, 0.25) is 0 Å². The van der Waals surface area contributed by atoms with Crippen molar-refractivity contribution in [3.05, 3.63) is 29.8 Å². The van der Waals surface area contributed by atoms with Crippen LogP contribution in [0.4, 0.5) is 0 Å². The van der Waals surface area contributed by atoms with E-state index >= 15 is 0 Å². The Hall–Kier alpha value is -1.55. The summed E-state index contributed by atoms with van der Waals surface area (Å²) < 4.78 is 5.60. The first-order chi connectivity index (χ1) is 10.0. The van der Waals surface area contributed by atoms with Gasteiger partial charge in [-0.25, -0.2) is 0 Å². The topological polar surface area (TPSA) is 58.6 Å². The van der Waals surface area contributed by atoms with Gasteiger partial charge in [-0.3, -0.25) is 4.79 Å². The zero-order valence-electron chi connectivity index (χ0n) is 12.8. The molecule has 1 aliphatic carbocycles. The second-order valence-corrected chi connectivity index (χ2v) is 6.21. The number of hydrogen-bond donors (Lipinski definition) is 2. The van der Waals surface area contributed by atoms with Gasteiger partial charge in [0.15, 0.2) is 0 Å². The quantitative estimate of drug-likeness (QED) is 0.877. The molecule has 0 radical (unpaired) electrons. The van der Waals surface area contributed by atoms with E-state index in [1.807, 2.05) is 12.1 Å². The molecule has 0 unspecified atom stereocenters. The number of aliphatic hydroxyl groups is 1. The summed E-state index contributed by atoms with van der Waals surface area (Å²) in [7, 11) is 0. The lowest BCUT2D eigenvalue weighted by atomic mass is 9.93. The smallest absolute Gasteiger partial charge is 0.251 e. The Morgan fingerprint density at radius 2 is 1.86 bits per heavy atom. The van der Waals surface area contributed by atoms with Crippen molar-refractivity contribution in [2.24, 2.45) is 5.92 Å². The van der Waals surface area contributed by atoms with Crippen molar-refractivity contribution in [2.45, 2.75) is 51.7 Å². The summed E-state index contributed by atoms with van der Waals surface area (Å²) in [6.07, 6.45) is 3.04. The van der Waals surface area contributed by atoms with Gasteiger partial charge in [0.25, 0.3) is 5.91 Å². The number of benzene rings is 1. The van der Waals surface area contributed by atoms with Gasteiger partial charge in [0.2, 0.25) is 0 Å². The van der Waals surface area contributed by atoms with E-state index in [0.717, 1.165) is 31.4 Å². The summed E-state index contributed by atoms with van der Waals surface area (Å²) in [5.41, 5.74) is 0.651. The second kappa shape index (κ2) is 7.46. The molecule has 2 N–H and O–H groups in total. The molecule has 21 heavy (non-hydrogen) atoms. The molecule has 1 amide bonds. The molecule has 0 bridgehead atoms. The van der Waals surface area contributed by atoms with Crippen molar-refractivity contribution in [2.75, 3.05) is 6.61 Å². The van der Waals surface area contributed by atoms with Crippen molar-refractivity contribution in [3.63, 3.8) is 0 Å². The molecule has 1 saturated carbocycles. The van der Waals surface area contributed by atoms with Gasteiger partial charge in [-0.15, -0.1) is 0 Å². The molecule has 0 heterocycles. The van der Waals surface area contributed by atoms with Gasteiger partial charge < -0.3 is 15.2 Å². The third-order valence-corrected chi connectivity index (χ3v) is 3.73. The molecule has 0 spiro atoms. The Bertz CT molecular complexity index is 448. The van der Waals surface area contributed by atoms with E-state index in [2.05, 4.69) is 19.2 Å². The number of amides is 1. The number of nitrogens with one attached hydrogen (secondary N) is 1. The summed E-state index contributed by atoms with van der Waals surface area (Å²) in [4.78, 5) is 12.2. The average Bonchev–Trinajstić information content (AvgIpc) is 2.48. The first-order valence-electron chi connectivity index (χ1n) is 7.76. The molecule has 1 aromatic carbocycles. The second-order valence-electron chi connectivity index (χ2n) is 6.21. The predicted octanol–water partition coefficient (Wildman–Crippen LogP) is 2.75. The van der Waals surface area contributed by atoms with Gasteiger partial charge in [0.1, 0.15) is 5.75 Å². The number of carbonyl (C=O) groups excluding carboxylic acids is 1. The fourth-order valence-corrected chi connectivity index (χ4v) is 2.45. The summed E-state index contributed by atoms with van der Waals surface area (Å²) in [6.45, 7) is 4.88. The lowest BCUT2D eigenvalue weighted by Gasteiger charge is -2.26. The molecule has 4 nitrogen and oxygen atoms in total. The maximum absolute atomic E-state index is 12.2. The molecule has 1 aromatic rings. The van der Waals surface area contributed by atoms with Gasteiger partial charge in [-0.05, 0) is 55.9 Å². The van der Waals surface area contributed by atoms with Crippen LogP contribution in [0, 0.1) is 5.92 Å². The largest absolute Gasteiger partial charge is 0.493 e. The maximum atomic E-state index is 12.2. The highest BCUT2D eigenvalue weighted by Crippen LogP contribution is 2.19. The fraction of sp³-hybridized carbons (Fsp3) is 0.588. The molecule has 1 aliphatic rings. The van der Waals surface area contributed by atoms with Crippen molar-refractivity contribution in [1.82, 2.24) is 5.32 Å². The van der Waals surface area contributed by atoms with Crippen molar-refractivity contribution in [1.29, 1.82) is 0 Å². The van der Waals surface area contributed by atoms with Crippen LogP contribution in [-0.2, 0) is 0 Å². The standard InChI is InChI=1S/C17H25NO3/c1-12(2)11-21-16-9-3-13(4-10-16)17(20)18-14-5-7-15(19)8-6-14/h3-4,9-10,12,14-15,19H,5-8,11H2,1-2H3,(H,18,20). The highest BCUT2D eigenvalue weighted by Gasteiger charge is 2.21. The average molecular weight is 291 g/mol. The zero-order valence-corrected chi connectivity index (χ0v) is 12.8. The molecular formula is C17H25NO3. The summed E-state index contributed by atoms with van der Waals surface area (Å²) in [5.74, 6) is 1.22. The normalized spacial score (nSPS) is 22.1. The summed E-state index contributed by atoms with van der Waals surface area (Å²) in [6, 6.07) is 7.44. The molecule has 0 saturated heterocycles. The van der Waals surface area contributed by atoms with Gasteiger partial charge in [0.05, 0.1) is 12.7 Å². The van der Waals surface area contributed by atoms with Crippen LogP contribution < -0.4 is 10.1 Å². The maximum Gasteiger partial charge on any atom is 0.251 e. The Balaban J connectivity index is 1.85. The van der Waals surface area contributed by atoms with E-state index in [-0.39, 0.29) is 18.1 Å². The Morgan fingerprint density at radius 3 is 2.43 bits per heavy atom. The van der Waals surface area contributed by atoms with E-state index in [4.69, 9.17) is 4.74 Å². The van der Waals surface area contributed by atoms with Crippen molar-refractivity contribution >= 4 is 5.91 Å². The lowest BCUT2D eigenvalue weighted by molar-refractivity contribution is 0.0867. The molecule has 0 atom stereocenters. The third kappa shape index (κ3) is 5.05. The molecule has 0 aliphatic heterocycles. The highest BCUT2D eigenvalue weighted by atomic mass is 16.5. The van der Waals surface area contributed by atoms with Crippen LogP contribution in [0.1, 0.15) is 49.9 Å². The van der Waals surface area contributed by atoms with E-state index in [0.29, 0.717) is 18.1 Å². The van der Waals surface area contributed by atoms with Crippen LogP contribution in [-0.4, -0.2) is 29.8 Å². The molecule has 116 valence electrons. The number of rotatable bonds is 5. The molecule has 0 aromatic heterocycles. The Kier molecular flexibility index (Phi) is 5.62. The van der Waals surface area contributed by atoms with Crippen LogP contribution in [0.25, 0.3) is 0 Å². The minimum absolute atomic E-state index is 0.0493. The van der Waals surface area contributed by atoms with Crippen LogP contribution in [0.15, 0.2) is 24.3 Å². The molecule has 2 rings (SSSR count). The van der Waals surface area contributed by atoms with E-state index < -0.39 is 0 Å². The van der Waals surface area contributed by atoms with E-state index in [1.54, 1.807) is 12.1 Å². The predicted molar refractivity (Wildman–Crippen MR) is 82.5 cm³/mol. The minimum Gasteiger partial charge on any atom is -0.493 e. The van der Waals surface area contributed by atoms with E-state index in [1.165, 1.54) is 0 Å². The summed E-state index contributed by atoms with van der Waals surface area (Å²) in [5, 5.41) is 12.5. The van der Waals surface area contributed by atoms with Crippen LogP contribution >= 0.6 is 0 Å². The SMILES string of the molecule is CC(C)COc1ccc(C(=O)NC2CCC(O)CC2)cc1. The number of hydrogen-bond acceptors (Lipinski definition) is 3. The van der Waals surface area contributed by atoms with Crippen molar-refractivity contribution in [3.8, 4) is 5.75 Å². The first-order valence-corrected chi connectivity index (χ1v) is 7.76. The highest BCUT2D eigenvalue weighted by molar-refractivity contribution is 5.94. The Morgan fingerprint density at radius 1 is 1.24 bits per heavy atom. The minimum atomic E-state index is -0.199. The third-order valence-electron chi connectivity index (χ3n) is 3.73. The van der Waals surface area contributed by atoms with Crippen LogP contribution in [0.5, 0.6) is 5.75 Å². The number of aliphatic hydroxyl groups excluding tert-OH is 1. The number of ether oxygens (including phenoxy) is 1. The van der Waals surface area contributed by atoms with Crippen molar-refractivity contribution < 1.29 is 14.6 Å². The van der Waals surface area contributed by atoms with Crippen LogP contribution in [0.3, 0.4) is 0 Å². The summed E-state index contributed by atoms with van der Waals surface area (Å²) >= 11 is 0. The fourth-order valence-electron chi connectivity index (χ4n) is 2.45. The molecular weight excluding hydrogens is 266 g/mol. The van der Waals surface area contributed by atoms with Gasteiger partial charge in [-0.1, -0.05) is 13.8 Å². The van der Waals surface area contributed by atoms with Gasteiger partial charge in [0, 0.05) is 11.6 Å².